The van der Waals surface area contributed by atoms with Gasteiger partial charge in [-0.15, -0.1) is 0 Å². The molecule has 2 aromatic carbocycles. The van der Waals surface area contributed by atoms with Crippen LogP contribution < -0.4 is 5.32 Å². The predicted octanol–water partition coefficient (Wildman–Crippen LogP) is 3.99. The van der Waals surface area contributed by atoms with E-state index in [9.17, 15) is 13.2 Å². The third-order valence-corrected chi connectivity index (χ3v) is 6.67. The Bertz CT molecular complexity index is 1070. The molecule has 0 aliphatic rings. The highest BCUT2D eigenvalue weighted by Gasteiger charge is 2.30. The van der Waals surface area contributed by atoms with Crippen LogP contribution in [0.4, 0.5) is 0 Å². The van der Waals surface area contributed by atoms with E-state index in [1.807, 2.05) is 6.92 Å². The molecule has 7 heteroatoms. The second-order valence-corrected chi connectivity index (χ2v) is 8.92. The summed E-state index contributed by atoms with van der Waals surface area (Å²) in [6.07, 6.45) is 3.07. The lowest BCUT2D eigenvalue weighted by molar-refractivity contribution is 0.0953. The fourth-order valence-corrected chi connectivity index (χ4v) is 4.62. The first-order valence-corrected chi connectivity index (χ1v) is 10.5. The second-order valence-electron chi connectivity index (χ2n) is 6.35. The van der Waals surface area contributed by atoms with E-state index in [-0.39, 0.29) is 11.4 Å². The lowest BCUT2D eigenvalue weighted by Crippen LogP contribution is -2.32. The number of nitrogens with zero attached hydrogens (tertiary/aromatic N) is 1. The molecular formula is C21H19ClN2O3S. The molecule has 0 saturated carbocycles. The van der Waals surface area contributed by atoms with Crippen LogP contribution in [0.3, 0.4) is 0 Å². The fourth-order valence-electron chi connectivity index (χ4n) is 2.78. The van der Waals surface area contributed by atoms with Gasteiger partial charge in [-0.1, -0.05) is 41.4 Å². The van der Waals surface area contributed by atoms with E-state index in [4.69, 9.17) is 11.6 Å². The Morgan fingerprint density at radius 1 is 1.11 bits per heavy atom. The number of hydrogen-bond donors (Lipinski definition) is 1. The SMILES string of the molecule is Cc1ccc(S(=O)(=O)C(CNC(=O)c2cccc(Cl)c2)c2cccnc2)cc1. The molecule has 0 fully saturated rings. The van der Waals surface area contributed by atoms with Gasteiger partial charge in [-0.05, 0) is 48.9 Å². The summed E-state index contributed by atoms with van der Waals surface area (Å²) in [5.41, 5.74) is 1.84. The van der Waals surface area contributed by atoms with E-state index in [1.54, 1.807) is 60.8 Å². The van der Waals surface area contributed by atoms with Crippen LogP contribution in [-0.4, -0.2) is 25.9 Å². The number of pyridine rings is 1. The molecule has 1 atom stereocenters. The summed E-state index contributed by atoms with van der Waals surface area (Å²) >= 11 is 5.93. The van der Waals surface area contributed by atoms with Crippen molar-refractivity contribution in [2.75, 3.05) is 6.54 Å². The Kier molecular flexibility index (Phi) is 6.11. The van der Waals surface area contributed by atoms with Crippen LogP contribution in [0.5, 0.6) is 0 Å². The summed E-state index contributed by atoms with van der Waals surface area (Å²) in [4.78, 5) is 16.7. The summed E-state index contributed by atoms with van der Waals surface area (Å²) in [6.45, 7) is 1.80. The van der Waals surface area contributed by atoms with Crippen molar-refractivity contribution in [3.8, 4) is 0 Å². The Morgan fingerprint density at radius 2 is 1.86 bits per heavy atom. The summed E-state index contributed by atoms with van der Waals surface area (Å²) in [5.74, 6) is -0.393. The molecule has 3 aromatic rings. The highest BCUT2D eigenvalue weighted by Crippen LogP contribution is 2.28. The van der Waals surface area contributed by atoms with Gasteiger partial charge in [0.2, 0.25) is 0 Å². The Labute approximate surface area is 169 Å². The molecule has 1 aromatic heterocycles. The molecular weight excluding hydrogens is 396 g/mol. The summed E-state index contributed by atoms with van der Waals surface area (Å²) < 4.78 is 26.5. The molecule has 0 radical (unpaired) electrons. The molecule has 3 rings (SSSR count). The average molecular weight is 415 g/mol. The zero-order valence-electron chi connectivity index (χ0n) is 15.2. The Hall–Kier alpha value is -2.70. The van der Waals surface area contributed by atoms with E-state index in [2.05, 4.69) is 10.3 Å². The van der Waals surface area contributed by atoms with Crippen molar-refractivity contribution in [2.24, 2.45) is 0 Å². The van der Waals surface area contributed by atoms with E-state index in [1.165, 1.54) is 12.3 Å². The van der Waals surface area contributed by atoms with Crippen LogP contribution in [0.25, 0.3) is 0 Å². The van der Waals surface area contributed by atoms with Crippen LogP contribution in [0.1, 0.15) is 26.7 Å². The maximum atomic E-state index is 13.2. The number of rotatable bonds is 6. The van der Waals surface area contributed by atoms with Gasteiger partial charge in [0, 0.05) is 29.5 Å². The van der Waals surface area contributed by atoms with Gasteiger partial charge in [0.15, 0.2) is 9.84 Å². The van der Waals surface area contributed by atoms with Crippen molar-refractivity contribution in [3.63, 3.8) is 0 Å². The van der Waals surface area contributed by atoms with Crippen molar-refractivity contribution in [2.45, 2.75) is 17.1 Å². The molecule has 0 aliphatic carbocycles. The normalized spacial score (nSPS) is 12.4. The van der Waals surface area contributed by atoms with Crippen molar-refractivity contribution >= 4 is 27.3 Å². The van der Waals surface area contributed by atoms with Gasteiger partial charge >= 0.3 is 0 Å². The lowest BCUT2D eigenvalue weighted by Gasteiger charge is -2.19. The maximum absolute atomic E-state index is 13.2. The number of carbonyl (C=O) groups is 1. The van der Waals surface area contributed by atoms with Crippen LogP contribution in [0.15, 0.2) is 78.0 Å². The smallest absolute Gasteiger partial charge is 0.251 e. The van der Waals surface area contributed by atoms with Gasteiger partial charge in [0.05, 0.1) is 4.90 Å². The zero-order chi connectivity index (χ0) is 20.1. The molecule has 5 nitrogen and oxygen atoms in total. The second kappa shape index (κ2) is 8.54. The van der Waals surface area contributed by atoms with Gasteiger partial charge < -0.3 is 5.32 Å². The topological polar surface area (TPSA) is 76.1 Å². The molecule has 1 N–H and O–H groups in total. The Morgan fingerprint density at radius 3 is 2.50 bits per heavy atom. The molecule has 1 heterocycles. The third kappa shape index (κ3) is 4.58. The van der Waals surface area contributed by atoms with E-state index in [0.29, 0.717) is 16.1 Å². The maximum Gasteiger partial charge on any atom is 0.251 e. The minimum Gasteiger partial charge on any atom is -0.350 e. The summed E-state index contributed by atoms with van der Waals surface area (Å²) in [6, 6.07) is 16.5. The van der Waals surface area contributed by atoms with Gasteiger partial charge in [-0.3, -0.25) is 9.78 Å². The monoisotopic (exact) mass is 414 g/mol. The van der Waals surface area contributed by atoms with E-state index in [0.717, 1.165) is 5.56 Å². The molecule has 0 bridgehead atoms. The highest BCUT2D eigenvalue weighted by molar-refractivity contribution is 7.91. The number of carbonyl (C=O) groups excluding carboxylic acids is 1. The number of amides is 1. The largest absolute Gasteiger partial charge is 0.350 e. The van der Waals surface area contributed by atoms with Gasteiger partial charge in [-0.25, -0.2) is 8.42 Å². The average Bonchev–Trinajstić information content (AvgIpc) is 2.69. The quantitative estimate of drug-likeness (QED) is 0.661. The number of sulfone groups is 1. The van der Waals surface area contributed by atoms with Gasteiger partial charge in [0.1, 0.15) is 5.25 Å². The first-order chi connectivity index (χ1) is 13.4. The number of aryl methyl sites for hydroxylation is 1. The van der Waals surface area contributed by atoms with Crippen LogP contribution >= 0.6 is 11.6 Å². The number of benzene rings is 2. The standard InChI is InChI=1S/C21H19ClN2O3S/c1-15-7-9-19(10-8-15)28(26,27)20(17-5-3-11-23-13-17)14-24-21(25)16-4-2-6-18(22)12-16/h2-13,20H,14H2,1H3,(H,24,25). The van der Waals surface area contributed by atoms with E-state index >= 15 is 0 Å². The summed E-state index contributed by atoms with van der Waals surface area (Å²) in [7, 11) is -3.74. The first kappa shape index (κ1) is 20.0. The molecule has 1 amide bonds. The number of aromatic nitrogens is 1. The van der Waals surface area contributed by atoms with Crippen molar-refractivity contribution in [1.29, 1.82) is 0 Å². The van der Waals surface area contributed by atoms with Gasteiger partial charge in [-0.2, -0.15) is 0 Å². The molecule has 0 spiro atoms. The molecule has 0 aliphatic heterocycles. The zero-order valence-corrected chi connectivity index (χ0v) is 16.7. The van der Waals surface area contributed by atoms with Crippen molar-refractivity contribution in [1.82, 2.24) is 10.3 Å². The minimum absolute atomic E-state index is 0.0900. The van der Waals surface area contributed by atoms with Crippen molar-refractivity contribution in [3.05, 3.63) is 94.8 Å². The van der Waals surface area contributed by atoms with Crippen LogP contribution in [0, 0.1) is 6.92 Å². The molecule has 1 unspecified atom stereocenters. The van der Waals surface area contributed by atoms with Crippen LogP contribution in [0.2, 0.25) is 5.02 Å². The summed E-state index contributed by atoms with van der Waals surface area (Å²) in [5, 5.41) is 2.18. The minimum atomic E-state index is -3.74. The predicted molar refractivity (Wildman–Crippen MR) is 109 cm³/mol. The first-order valence-electron chi connectivity index (χ1n) is 8.62. The fraction of sp³-hybridized carbons (Fsp3) is 0.143. The number of nitrogens with one attached hydrogen (secondary N) is 1. The number of hydrogen-bond acceptors (Lipinski definition) is 4. The third-order valence-electron chi connectivity index (χ3n) is 4.32. The molecule has 144 valence electrons. The molecule has 28 heavy (non-hydrogen) atoms. The lowest BCUT2D eigenvalue weighted by atomic mass is 10.2. The molecule has 0 saturated heterocycles. The van der Waals surface area contributed by atoms with E-state index < -0.39 is 21.0 Å². The highest BCUT2D eigenvalue weighted by atomic mass is 35.5. The van der Waals surface area contributed by atoms with Crippen molar-refractivity contribution < 1.29 is 13.2 Å². The van der Waals surface area contributed by atoms with Crippen LogP contribution in [-0.2, 0) is 9.84 Å². The van der Waals surface area contributed by atoms with Gasteiger partial charge in [0.25, 0.3) is 5.91 Å². The number of halogens is 1. The Balaban J connectivity index is 1.90.